The number of hydrogen-bond donors (Lipinski definition) is 2. The van der Waals surface area contributed by atoms with Gasteiger partial charge < -0.3 is 10.4 Å². The molecule has 3 rings (SSSR count). The van der Waals surface area contributed by atoms with Gasteiger partial charge in [-0.25, -0.2) is 9.48 Å². The van der Waals surface area contributed by atoms with Gasteiger partial charge in [-0.05, 0) is 31.4 Å². The number of aromatic nitrogens is 2. The number of rotatable bonds is 6. The third-order valence-corrected chi connectivity index (χ3v) is 4.52. The lowest BCUT2D eigenvalue weighted by Gasteiger charge is -2.14. The second-order valence-electron chi connectivity index (χ2n) is 6.05. The Morgan fingerprint density at radius 2 is 2.12 bits per heavy atom. The van der Waals surface area contributed by atoms with Crippen molar-refractivity contribution in [1.82, 2.24) is 15.1 Å². The van der Waals surface area contributed by atoms with Gasteiger partial charge in [-0.1, -0.05) is 36.6 Å². The van der Waals surface area contributed by atoms with E-state index >= 15 is 0 Å². The summed E-state index contributed by atoms with van der Waals surface area (Å²) in [6, 6.07) is 6.32. The Labute approximate surface area is 144 Å². The predicted octanol–water partition coefficient (Wildman–Crippen LogP) is 2.82. The molecule has 1 aliphatic rings. The Balaban J connectivity index is 1.80. The number of para-hydroxylation sites is 1. The van der Waals surface area contributed by atoms with E-state index in [4.69, 9.17) is 11.6 Å². The molecule has 2 N–H and O–H groups in total. The number of carbonyl (C=O) groups is 2. The molecule has 1 saturated carbocycles. The van der Waals surface area contributed by atoms with Crippen LogP contribution in [0.5, 0.6) is 0 Å². The van der Waals surface area contributed by atoms with Crippen LogP contribution >= 0.6 is 11.6 Å². The molecule has 0 radical (unpaired) electrons. The van der Waals surface area contributed by atoms with Gasteiger partial charge in [-0.15, -0.1) is 0 Å². The number of benzene rings is 1. The van der Waals surface area contributed by atoms with Crippen molar-refractivity contribution < 1.29 is 14.7 Å². The van der Waals surface area contributed by atoms with Crippen LogP contribution in [0.15, 0.2) is 30.5 Å². The molecule has 6 nitrogen and oxygen atoms in total. The number of amides is 1. The smallest absolute Gasteiger partial charge is 0.326 e. The van der Waals surface area contributed by atoms with Gasteiger partial charge in [0, 0.05) is 0 Å². The average Bonchev–Trinajstić information content (AvgIpc) is 3.28. The minimum atomic E-state index is -1.01. The molecule has 1 amide bonds. The van der Waals surface area contributed by atoms with E-state index in [0.29, 0.717) is 34.3 Å². The number of hydrogen-bond acceptors (Lipinski definition) is 3. The monoisotopic (exact) mass is 347 g/mol. The molecule has 1 heterocycles. The molecular formula is C17H18ClN3O3. The van der Waals surface area contributed by atoms with E-state index in [2.05, 4.69) is 10.4 Å². The van der Waals surface area contributed by atoms with Gasteiger partial charge in [-0.2, -0.15) is 5.10 Å². The normalized spacial score (nSPS) is 15.1. The molecule has 24 heavy (non-hydrogen) atoms. The number of carboxylic acid groups (broad SMARTS) is 1. The van der Waals surface area contributed by atoms with Crippen LogP contribution in [0.25, 0.3) is 5.69 Å². The Hall–Kier alpha value is -2.34. The van der Waals surface area contributed by atoms with Crippen LogP contribution in [0, 0.1) is 12.8 Å². The van der Waals surface area contributed by atoms with Crippen LogP contribution in [-0.4, -0.2) is 32.8 Å². The molecular weight excluding hydrogens is 330 g/mol. The van der Waals surface area contributed by atoms with E-state index in [9.17, 15) is 14.7 Å². The number of carboxylic acids is 1. The van der Waals surface area contributed by atoms with Gasteiger partial charge in [0.15, 0.2) is 0 Å². The zero-order valence-corrected chi connectivity index (χ0v) is 14.0. The molecule has 1 aromatic heterocycles. The fourth-order valence-electron chi connectivity index (χ4n) is 2.64. The molecule has 0 bridgehead atoms. The summed E-state index contributed by atoms with van der Waals surface area (Å²) in [4.78, 5) is 23.8. The number of halogens is 1. The maximum atomic E-state index is 12.5. The molecule has 0 aliphatic heterocycles. The summed E-state index contributed by atoms with van der Waals surface area (Å²) >= 11 is 6.17. The maximum Gasteiger partial charge on any atom is 0.326 e. The summed E-state index contributed by atoms with van der Waals surface area (Å²) in [6.45, 7) is 1.75. The van der Waals surface area contributed by atoms with Gasteiger partial charge in [0.2, 0.25) is 0 Å². The van der Waals surface area contributed by atoms with Crippen LogP contribution in [0.1, 0.15) is 35.3 Å². The van der Waals surface area contributed by atoms with Gasteiger partial charge in [0.1, 0.15) is 6.04 Å². The molecule has 1 fully saturated rings. The third kappa shape index (κ3) is 3.43. The second-order valence-corrected chi connectivity index (χ2v) is 6.46. The highest BCUT2D eigenvalue weighted by atomic mass is 35.5. The van der Waals surface area contributed by atoms with Gasteiger partial charge in [0.25, 0.3) is 5.91 Å². The van der Waals surface area contributed by atoms with E-state index in [0.717, 1.165) is 12.8 Å². The van der Waals surface area contributed by atoms with E-state index < -0.39 is 17.9 Å². The molecule has 1 aromatic carbocycles. The summed E-state index contributed by atoms with van der Waals surface area (Å²) in [5.41, 5.74) is 1.62. The first-order valence-electron chi connectivity index (χ1n) is 7.80. The molecule has 7 heteroatoms. The third-order valence-electron chi connectivity index (χ3n) is 4.20. The lowest BCUT2D eigenvalue weighted by molar-refractivity contribution is -0.139. The van der Waals surface area contributed by atoms with Crippen LogP contribution in [0.2, 0.25) is 5.02 Å². The molecule has 0 saturated heterocycles. The number of aliphatic carboxylic acids is 1. The minimum absolute atomic E-state index is 0.344. The fraction of sp³-hybridized carbons (Fsp3) is 0.353. The Kier molecular flexibility index (Phi) is 4.57. The maximum absolute atomic E-state index is 12.5. The standard InChI is InChI=1S/C17H18ClN3O3/c1-10-12(9-19-21(10)15-5-3-2-4-13(15)18)16(22)20-14(17(23)24)8-11-6-7-11/h2-5,9,11,14H,6-8H2,1H3,(H,20,22)(H,23,24). The summed E-state index contributed by atoms with van der Waals surface area (Å²) in [5, 5.41) is 16.6. The number of nitrogens with zero attached hydrogens (tertiary/aromatic N) is 2. The van der Waals surface area contributed by atoms with Crippen LogP contribution in [0.3, 0.4) is 0 Å². The summed E-state index contributed by atoms with van der Waals surface area (Å²) < 4.78 is 1.58. The second kappa shape index (κ2) is 6.65. The molecule has 1 unspecified atom stereocenters. The minimum Gasteiger partial charge on any atom is -0.480 e. The summed E-state index contributed by atoms with van der Waals surface area (Å²) in [5.74, 6) is -1.04. The topological polar surface area (TPSA) is 84.2 Å². The predicted molar refractivity (Wildman–Crippen MR) is 89.5 cm³/mol. The zero-order valence-electron chi connectivity index (χ0n) is 13.2. The fourth-order valence-corrected chi connectivity index (χ4v) is 2.86. The van der Waals surface area contributed by atoms with Crippen LogP contribution in [0.4, 0.5) is 0 Å². The van der Waals surface area contributed by atoms with E-state index in [1.165, 1.54) is 6.20 Å². The van der Waals surface area contributed by atoms with Crippen molar-refractivity contribution in [1.29, 1.82) is 0 Å². The van der Waals surface area contributed by atoms with E-state index in [-0.39, 0.29) is 0 Å². The first-order chi connectivity index (χ1) is 11.5. The Bertz CT molecular complexity index is 783. The lowest BCUT2D eigenvalue weighted by atomic mass is 10.1. The van der Waals surface area contributed by atoms with Crippen molar-refractivity contribution in [2.45, 2.75) is 32.2 Å². The molecule has 1 aliphatic carbocycles. The van der Waals surface area contributed by atoms with Crippen molar-refractivity contribution >= 4 is 23.5 Å². The van der Waals surface area contributed by atoms with Crippen molar-refractivity contribution in [3.05, 3.63) is 46.7 Å². The summed E-state index contributed by atoms with van der Waals surface area (Å²) in [6.07, 6.45) is 3.97. The first kappa shape index (κ1) is 16.5. The molecule has 2 aromatic rings. The SMILES string of the molecule is Cc1c(C(=O)NC(CC2CC2)C(=O)O)cnn1-c1ccccc1Cl. The Morgan fingerprint density at radius 1 is 1.42 bits per heavy atom. The first-order valence-corrected chi connectivity index (χ1v) is 8.18. The Morgan fingerprint density at radius 3 is 2.75 bits per heavy atom. The van der Waals surface area contributed by atoms with Crippen molar-refractivity contribution in [2.24, 2.45) is 5.92 Å². The molecule has 0 spiro atoms. The van der Waals surface area contributed by atoms with Crippen LogP contribution < -0.4 is 5.32 Å². The van der Waals surface area contributed by atoms with E-state index in [1.54, 1.807) is 23.7 Å². The van der Waals surface area contributed by atoms with Gasteiger partial charge in [-0.3, -0.25) is 4.79 Å². The lowest BCUT2D eigenvalue weighted by Crippen LogP contribution is -2.41. The van der Waals surface area contributed by atoms with Crippen molar-refractivity contribution in [2.75, 3.05) is 0 Å². The highest BCUT2D eigenvalue weighted by Gasteiger charge is 2.31. The highest BCUT2D eigenvalue weighted by molar-refractivity contribution is 6.32. The van der Waals surface area contributed by atoms with Gasteiger partial charge in [0.05, 0.1) is 28.2 Å². The molecule has 1 atom stereocenters. The van der Waals surface area contributed by atoms with Crippen LogP contribution in [-0.2, 0) is 4.79 Å². The quantitative estimate of drug-likeness (QED) is 0.841. The van der Waals surface area contributed by atoms with Crippen molar-refractivity contribution in [3.63, 3.8) is 0 Å². The zero-order chi connectivity index (χ0) is 17.3. The largest absolute Gasteiger partial charge is 0.480 e. The highest BCUT2D eigenvalue weighted by Crippen LogP contribution is 2.33. The molecule has 126 valence electrons. The number of nitrogens with one attached hydrogen (secondary N) is 1. The summed E-state index contributed by atoms with van der Waals surface area (Å²) in [7, 11) is 0. The number of carbonyl (C=O) groups excluding carboxylic acids is 1. The van der Waals surface area contributed by atoms with Gasteiger partial charge >= 0.3 is 5.97 Å². The van der Waals surface area contributed by atoms with E-state index in [1.807, 2.05) is 12.1 Å². The average molecular weight is 348 g/mol. The van der Waals surface area contributed by atoms with Crippen molar-refractivity contribution in [3.8, 4) is 5.69 Å².